The molecule has 1 aliphatic heterocycles. The lowest BCUT2D eigenvalue weighted by Gasteiger charge is -2.16. The van der Waals surface area contributed by atoms with Gasteiger partial charge in [0, 0.05) is 33.4 Å². The van der Waals surface area contributed by atoms with E-state index in [1.165, 1.54) is 4.90 Å². The number of fused-ring (bicyclic) bond motifs is 1. The van der Waals surface area contributed by atoms with Crippen LogP contribution >= 0.6 is 24.0 Å². The monoisotopic (exact) mass is 487 g/mol. The Hall–Kier alpha value is -1.95. The highest BCUT2D eigenvalue weighted by molar-refractivity contribution is 14.0. The molecule has 2 aromatic heterocycles. The first-order valence-corrected chi connectivity index (χ1v) is 8.76. The molecule has 1 atom stereocenters. The number of aromatic nitrogens is 3. The first-order valence-electron chi connectivity index (χ1n) is 8.76. The first kappa shape index (κ1) is 21.4. The molecule has 3 heterocycles. The number of pyridine rings is 1. The molecule has 0 aromatic carbocycles. The maximum Gasteiger partial charge on any atom is 0.241 e. The van der Waals surface area contributed by atoms with Gasteiger partial charge in [0.05, 0.1) is 12.6 Å². The molecule has 1 unspecified atom stereocenters. The molecule has 0 saturated carbocycles. The molecule has 10 heteroatoms. The highest BCUT2D eigenvalue weighted by atomic mass is 127. The fourth-order valence-corrected chi connectivity index (χ4v) is 2.66. The molecule has 1 aliphatic rings. The predicted molar refractivity (Wildman–Crippen MR) is 113 cm³/mol. The molecule has 1 fully saturated rings. The zero-order valence-corrected chi connectivity index (χ0v) is 17.9. The number of nitrogens with one attached hydrogen (secondary N) is 2. The molecule has 2 aromatic rings. The van der Waals surface area contributed by atoms with Gasteiger partial charge in [-0.15, -0.1) is 34.2 Å². The largest absolute Gasteiger partial charge is 0.376 e. The van der Waals surface area contributed by atoms with Gasteiger partial charge in [-0.1, -0.05) is 6.07 Å². The summed E-state index contributed by atoms with van der Waals surface area (Å²) in [6.45, 7) is 1.98. The zero-order chi connectivity index (χ0) is 18.4. The van der Waals surface area contributed by atoms with Crippen molar-refractivity contribution in [1.29, 1.82) is 0 Å². The molecule has 3 rings (SSSR count). The summed E-state index contributed by atoms with van der Waals surface area (Å²) in [6, 6.07) is 5.74. The minimum absolute atomic E-state index is 0. The predicted octanol–water partition coefficient (Wildman–Crippen LogP) is 0.650. The Bertz CT molecular complexity index is 771. The van der Waals surface area contributed by atoms with Crippen LogP contribution in [-0.2, 0) is 16.1 Å². The first-order chi connectivity index (χ1) is 12.6. The van der Waals surface area contributed by atoms with Crippen LogP contribution in [0.15, 0.2) is 29.4 Å². The van der Waals surface area contributed by atoms with Gasteiger partial charge < -0.3 is 20.3 Å². The van der Waals surface area contributed by atoms with Gasteiger partial charge in [0.25, 0.3) is 0 Å². The smallest absolute Gasteiger partial charge is 0.241 e. The SMILES string of the molecule is CN(C)C(=O)CNC(=NCc1nnc2ccccn12)NCC1CCCO1.I. The van der Waals surface area contributed by atoms with Crippen LogP contribution < -0.4 is 10.6 Å². The van der Waals surface area contributed by atoms with E-state index >= 15 is 0 Å². The van der Waals surface area contributed by atoms with Crippen LogP contribution in [-0.4, -0.2) is 71.3 Å². The molecular formula is C17H26IN7O2. The summed E-state index contributed by atoms with van der Waals surface area (Å²) in [5.41, 5.74) is 0.780. The average molecular weight is 487 g/mol. The lowest BCUT2D eigenvalue weighted by molar-refractivity contribution is -0.127. The minimum atomic E-state index is -0.0236. The van der Waals surface area contributed by atoms with E-state index in [0.717, 1.165) is 30.9 Å². The third kappa shape index (κ3) is 6.03. The fourth-order valence-electron chi connectivity index (χ4n) is 2.66. The molecule has 9 nitrogen and oxygen atoms in total. The number of carbonyl (C=O) groups is 1. The van der Waals surface area contributed by atoms with Crippen molar-refractivity contribution < 1.29 is 9.53 Å². The fraction of sp³-hybridized carbons (Fsp3) is 0.529. The van der Waals surface area contributed by atoms with Crippen LogP contribution in [0.2, 0.25) is 0 Å². The number of hydrogen-bond donors (Lipinski definition) is 2. The molecule has 27 heavy (non-hydrogen) atoms. The van der Waals surface area contributed by atoms with Crippen LogP contribution in [0.1, 0.15) is 18.7 Å². The van der Waals surface area contributed by atoms with E-state index in [4.69, 9.17) is 4.74 Å². The number of amides is 1. The van der Waals surface area contributed by atoms with E-state index in [0.29, 0.717) is 19.0 Å². The highest BCUT2D eigenvalue weighted by Crippen LogP contribution is 2.10. The number of guanidine groups is 1. The van der Waals surface area contributed by atoms with Crippen LogP contribution in [0.5, 0.6) is 0 Å². The number of hydrogen-bond acceptors (Lipinski definition) is 5. The molecule has 1 saturated heterocycles. The van der Waals surface area contributed by atoms with Crippen molar-refractivity contribution in [1.82, 2.24) is 30.1 Å². The summed E-state index contributed by atoms with van der Waals surface area (Å²) in [5, 5.41) is 14.6. The van der Waals surface area contributed by atoms with Crippen LogP contribution in [0, 0.1) is 0 Å². The van der Waals surface area contributed by atoms with E-state index in [9.17, 15) is 4.79 Å². The number of halogens is 1. The second-order valence-corrected chi connectivity index (χ2v) is 6.37. The lowest BCUT2D eigenvalue weighted by atomic mass is 10.2. The molecule has 1 amide bonds. The van der Waals surface area contributed by atoms with Crippen molar-refractivity contribution in [3.63, 3.8) is 0 Å². The van der Waals surface area contributed by atoms with Crippen molar-refractivity contribution >= 4 is 41.5 Å². The van der Waals surface area contributed by atoms with Gasteiger partial charge in [-0.25, -0.2) is 4.99 Å². The Labute approximate surface area is 175 Å². The Morgan fingerprint density at radius 3 is 2.96 bits per heavy atom. The summed E-state index contributed by atoms with van der Waals surface area (Å²) in [4.78, 5) is 17.9. The van der Waals surface area contributed by atoms with Crippen LogP contribution in [0.3, 0.4) is 0 Å². The third-order valence-corrected chi connectivity index (χ3v) is 4.19. The molecule has 148 valence electrons. The quantitative estimate of drug-likeness (QED) is 0.353. The van der Waals surface area contributed by atoms with Crippen molar-refractivity contribution in [3.8, 4) is 0 Å². The molecule has 0 spiro atoms. The van der Waals surface area contributed by atoms with Gasteiger partial charge in [0.15, 0.2) is 17.4 Å². The van der Waals surface area contributed by atoms with E-state index in [-0.39, 0.29) is 42.5 Å². The van der Waals surface area contributed by atoms with Gasteiger partial charge in [-0.05, 0) is 25.0 Å². The summed E-state index contributed by atoms with van der Waals surface area (Å²) in [6.07, 6.45) is 4.20. The average Bonchev–Trinajstić information content (AvgIpc) is 3.30. The maximum absolute atomic E-state index is 11.8. The Kier molecular flexibility index (Phi) is 8.23. The molecule has 0 aliphatic carbocycles. The van der Waals surface area contributed by atoms with Crippen molar-refractivity contribution in [2.24, 2.45) is 4.99 Å². The molecule has 0 bridgehead atoms. The number of likely N-dealkylation sites (N-methyl/N-ethyl adjacent to an activating group) is 1. The summed E-state index contributed by atoms with van der Waals surface area (Å²) < 4.78 is 7.52. The van der Waals surface area contributed by atoms with E-state index in [1.54, 1.807) is 14.1 Å². The number of carbonyl (C=O) groups excluding carboxylic acids is 1. The summed E-state index contributed by atoms with van der Waals surface area (Å²) >= 11 is 0. The van der Waals surface area contributed by atoms with Crippen molar-refractivity contribution in [3.05, 3.63) is 30.2 Å². The van der Waals surface area contributed by atoms with Gasteiger partial charge in [-0.2, -0.15) is 0 Å². The summed E-state index contributed by atoms with van der Waals surface area (Å²) in [5.74, 6) is 1.27. The summed E-state index contributed by atoms with van der Waals surface area (Å²) in [7, 11) is 3.45. The number of aliphatic imine (C=N–C) groups is 1. The van der Waals surface area contributed by atoms with E-state index in [1.807, 2.05) is 28.8 Å². The lowest BCUT2D eigenvalue weighted by Crippen LogP contribution is -2.45. The Balaban J connectivity index is 0.00000261. The van der Waals surface area contributed by atoms with Crippen LogP contribution in [0.25, 0.3) is 5.65 Å². The topological polar surface area (TPSA) is 96.2 Å². The van der Waals surface area contributed by atoms with E-state index in [2.05, 4.69) is 25.8 Å². The van der Waals surface area contributed by atoms with Crippen LogP contribution in [0.4, 0.5) is 0 Å². The highest BCUT2D eigenvalue weighted by Gasteiger charge is 2.16. The van der Waals surface area contributed by atoms with E-state index < -0.39 is 0 Å². The van der Waals surface area contributed by atoms with Crippen molar-refractivity contribution in [2.45, 2.75) is 25.5 Å². The standard InChI is InChI=1S/C17H25N7O2.HI/c1-23(2)16(25)12-20-17(18-10-13-6-5-9-26-13)19-11-15-22-21-14-7-3-4-8-24(14)15;/h3-4,7-8,13H,5-6,9-12H2,1-2H3,(H2,18,19,20);1H. The second kappa shape index (κ2) is 10.4. The third-order valence-electron chi connectivity index (χ3n) is 4.19. The zero-order valence-electron chi connectivity index (χ0n) is 15.6. The molecular weight excluding hydrogens is 461 g/mol. The minimum Gasteiger partial charge on any atom is -0.376 e. The van der Waals surface area contributed by atoms with Gasteiger partial charge in [0.1, 0.15) is 6.54 Å². The Morgan fingerprint density at radius 2 is 2.22 bits per heavy atom. The Morgan fingerprint density at radius 1 is 1.37 bits per heavy atom. The molecule has 0 radical (unpaired) electrons. The normalized spacial score (nSPS) is 16.8. The van der Waals surface area contributed by atoms with Gasteiger partial charge in [0.2, 0.25) is 5.91 Å². The van der Waals surface area contributed by atoms with Gasteiger partial charge >= 0.3 is 0 Å². The maximum atomic E-state index is 11.8. The van der Waals surface area contributed by atoms with Gasteiger partial charge in [-0.3, -0.25) is 9.20 Å². The second-order valence-electron chi connectivity index (χ2n) is 6.37. The number of nitrogens with zero attached hydrogens (tertiary/aromatic N) is 5. The van der Waals surface area contributed by atoms with Crippen molar-refractivity contribution in [2.75, 3.05) is 33.8 Å². The number of rotatable bonds is 6. The molecule has 2 N–H and O–H groups in total. The number of ether oxygens (including phenoxy) is 1.